The van der Waals surface area contributed by atoms with Gasteiger partial charge in [-0.2, -0.15) is 5.10 Å². The Balaban J connectivity index is 1.44. The number of aromatic nitrogens is 2. The zero-order chi connectivity index (χ0) is 14.2. The minimum Gasteiger partial charge on any atom is -0.380 e. The third-order valence-electron chi connectivity index (χ3n) is 5.04. The minimum atomic E-state index is 0.471. The minimum absolute atomic E-state index is 0.471. The van der Waals surface area contributed by atoms with Gasteiger partial charge in [-0.05, 0) is 44.4 Å². The predicted molar refractivity (Wildman–Crippen MR) is 82.2 cm³/mol. The largest absolute Gasteiger partial charge is 0.380 e. The molecule has 2 heterocycles. The van der Waals surface area contributed by atoms with E-state index in [0.29, 0.717) is 5.92 Å². The number of ether oxygens (including phenoxy) is 1. The molecular formula is C17H27N3O. The van der Waals surface area contributed by atoms with Crippen LogP contribution in [0.4, 0.5) is 0 Å². The van der Waals surface area contributed by atoms with Gasteiger partial charge in [-0.3, -0.25) is 9.58 Å². The Bertz CT molecular complexity index is 490. The molecule has 0 aromatic carbocycles. The van der Waals surface area contributed by atoms with Gasteiger partial charge in [0.25, 0.3) is 0 Å². The van der Waals surface area contributed by atoms with Crippen LogP contribution in [0.5, 0.6) is 0 Å². The Hall–Kier alpha value is -0.870. The van der Waals surface area contributed by atoms with E-state index < -0.39 is 0 Å². The standard InChI is InChI=1S/C17H27N3O/c1-2-20-10-15-8-19(7-13-3-4-13)9-16(17(15)18-20)12-21-11-14-5-6-14/h10,13-14,16H,2-9,11-12H2,1H3/t16-/m0/s1. The van der Waals surface area contributed by atoms with E-state index in [-0.39, 0.29) is 0 Å². The molecule has 0 saturated heterocycles. The van der Waals surface area contributed by atoms with Gasteiger partial charge in [-0.15, -0.1) is 0 Å². The van der Waals surface area contributed by atoms with E-state index >= 15 is 0 Å². The molecular weight excluding hydrogens is 262 g/mol. The summed E-state index contributed by atoms with van der Waals surface area (Å²) in [6, 6.07) is 0. The van der Waals surface area contributed by atoms with E-state index in [1.54, 1.807) is 0 Å². The van der Waals surface area contributed by atoms with Crippen LogP contribution in [0.15, 0.2) is 6.20 Å². The van der Waals surface area contributed by atoms with Crippen LogP contribution in [0.1, 0.15) is 49.8 Å². The van der Waals surface area contributed by atoms with Crippen LogP contribution in [0.3, 0.4) is 0 Å². The predicted octanol–water partition coefficient (Wildman–Crippen LogP) is 2.64. The van der Waals surface area contributed by atoms with Crippen LogP contribution in [-0.4, -0.2) is 41.0 Å². The summed E-state index contributed by atoms with van der Waals surface area (Å²) in [6.07, 6.45) is 7.85. The molecule has 0 N–H and O–H groups in total. The molecule has 0 bridgehead atoms. The maximum atomic E-state index is 5.99. The van der Waals surface area contributed by atoms with E-state index in [0.717, 1.165) is 44.7 Å². The summed E-state index contributed by atoms with van der Waals surface area (Å²) in [5.41, 5.74) is 2.74. The van der Waals surface area contributed by atoms with Crippen molar-refractivity contribution in [1.29, 1.82) is 0 Å². The number of rotatable bonds is 7. The number of fused-ring (bicyclic) bond motifs is 1. The fourth-order valence-electron chi connectivity index (χ4n) is 3.41. The molecule has 2 aliphatic carbocycles. The van der Waals surface area contributed by atoms with E-state index in [4.69, 9.17) is 9.84 Å². The van der Waals surface area contributed by atoms with E-state index in [9.17, 15) is 0 Å². The van der Waals surface area contributed by atoms with Crippen molar-refractivity contribution in [1.82, 2.24) is 14.7 Å². The fraction of sp³-hybridized carbons (Fsp3) is 0.824. The highest BCUT2D eigenvalue weighted by molar-refractivity contribution is 5.24. The second-order valence-corrected chi connectivity index (χ2v) is 7.21. The molecule has 4 nitrogen and oxygen atoms in total. The molecule has 2 fully saturated rings. The molecule has 0 spiro atoms. The van der Waals surface area contributed by atoms with Gasteiger partial charge in [0.15, 0.2) is 0 Å². The average molecular weight is 289 g/mol. The van der Waals surface area contributed by atoms with Gasteiger partial charge in [0.05, 0.1) is 12.3 Å². The van der Waals surface area contributed by atoms with Crippen LogP contribution in [-0.2, 0) is 17.8 Å². The van der Waals surface area contributed by atoms with Crippen LogP contribution in [0.2, 0.25) is 0 Å². The van der Waals surface area contributed by atoms with Gasteiger partial charge in [0.1, 0.15) is 0 Å². The molecule has 1 aromatic heterocycles. The van der Waals surface area contributed by atoms with Crippen molar-refractivity contribution in [2.24, 2.45) is 11.8 Å². The van der Waals surface area contributed by atoms with Gasteiger partial charge >= 0.3 is 0 Å². The van der Waals surface area contributed by atoms with E-state index in [1.807, 2.05) is 0 Å². The number of hydrogen-bond acceptors (Lipinski definition) is 3. The first-order chi connectivity index (χ1) is 10.3. The Morgan fingerprint density at radius 3 is 2.71 bits per heavy atom. The zero-order valence-corrected chi connectivity index (χ0v) is 13.1. The van der Waals surface area contributed by atoms with Crippen molar-refractivity contribution in [3.8, 4) is 0 Å². The third-order valence-corrected chi connectivity index (χ3v) is 5.04. The van der Waals surface area contributed by atoms with Gasteiger partial charge in [-0.25, -0.2) is 0 Å². The molecule has 2 saturated carbocycles. The highest BCUT2D eigenvalue weighted by Gasteiger charge is 2.32. The van der Waals surface area contributed by atoms with Crippen LogP contribution in [0, 0.1) is 11.8 Å². The highest BCUT2D eigenvalue weighted by Crippen LogP contribution is 2.34. The van der Waals surface area contributed by atoms with Gasteiger partial charge in [0.2, 0.25) is 0 Å². The Labute approximate surface area is 127 Å². The van der Waals surface area contributed by atoms with Crippen LogP contribution in [0.25, 0.3) is 0 Å². The smallest absolute Gasteiger partial charge is 0.0736 e. The van der Waals surface area contributed by atoms with Crippen molar-refractivity contribution in [3.63, 3.8) is 0 Å². The average Bonchev–Trinajstić information content (AvgIpc) is 3.39. The highest BCUT2D eigenvalue weighted by atomic mass is 16.5. The number of aryl methyl sites for hydroxylation is 1. The summed E-state index contributed by atoms with van der Waals surface area (Å²) in [4.78, 5) is 2.63. The van der Waals surface area contributed by atoms with Crippen LogP contribution < -0.4 is 0 Å². The first-order valence-corrected chi connectivity index (χ1v) is 8.68. The molecule has 1 aromatic rings. The third kappa shape index (κ3) is 3.32. The van der Waals surface area contributed by atoms with Crippen molar-refractivity contribution in [2.45, 2.75) is 51.6 Å². The molecule has 1 aliphatic heterocycles. The van der Waals surface area contributed by atoms with E-state index in [2.05, 4.69) is 22.7 Å². The summed E-state index contributed by atoms with van der Waals surface area (Å²) in [5, 5.41) is 4.80. The lowest BCUT2D eigenvalue weighted by atomic mass is 9.97. The molecule has 116 valence electrons. The van der Waals surface area contributed by atoms with Crippen molar-refractivity contribution >= 4 is 0 Å². The van der Waals surface area contributed by atoms with Crippen molar-refractivity contribution in [2.75, 3.05) is 26.3 Å². The molecule has 0 unspecified atom stereocenters. The maximum Gasteiger partial charge on any atom is 0.0736 e. The molecule has 21 heavy (non-hydrogen) atoms. The Morgan fingerprint density at radius 1 is 1.19 bits per heavy atom. The lowest BCUT2D eigenvalue weighted by Crippen LogP contribution is -2.36. The normalized spacial score (nSPS) is 26.0. The monoisotopic (exact) mass is 289 g/mol. The molecule has 4 rings (SSSR count). The summed E-state index contributed by atoms with van der Waals surface area (Å²) in [7, 11) is 0. The van der Waals surface area contributed by atoms with Gasteiger partial charge < -0.3 is 4.74 Å². The number of hydrogen-bond donors (Lipinski definition) is 0. The molecule has 3 aliphatic rings. The Kier molecular flexibility index (Phi) is 3.76. The van der Waals surface area contributed by atoms with Crippen molar-refractivity contribution in [3.05, 3.63) is 17.5 Å². The lowest BCUT2D eigenvalue weighted by molar-refractivity contribution is 0.0886. The second kappa shape index (κ2) is 5.73. The van der Waals surface area contributed by atoms with Gasteiger partial charge in [0, 0.05) is 50.5 Å². The van der Waals surface area contributed by atoms with Crippen LogP contribution >= 0.6 is 0 Å². The molecule has 4 heteroatoms. The quantitative estimate of drug-likeness (QED) is 0.773. The first kappa shape index (κ1) is 13.8. The zero-order valence-electron chi connectivity index (χ0n) is 13.1. The maximum absolute atomic E-state index is 5.99. The second-order valence-electron chi connectivity index (χ2n) is 7.21. The SMILES string of the molecule is CCn1cc2c(n1)[C@H](COCC1CC1)CN(CC1CC1)C2. The van der Waals surface area contributed by atoms with Gasteiger partial charge in [-0.1, -0.05) is 0 Å². The summed E-state index contributed by atoms with van der Waals surface area (Å²) < 4.78 is 8.09. The number of nitrogens with zero attached hydrogens (tertiary/aromatic N) is 3. The Morgan fingerprint density at radius 2 is 2.00 bits per heavy atom. The molecule has 1 atom stereocenters. The van der Waals surface area contributed by atoms with E-state index in [1.165, 1.54) is 43.5 Å². The first-order valence-electron chi connectivity index (χ1n) is 8.68. The lowest BCUT2D eigenvalue weighted by Gasteiger charge is -2.31. The molecule has 0 amide bonds. The summed E-state index contributed by atoms with van der Waals surface area (Å²) in [6.45, 7) is 8.44. The van der Waals surface area contributed by atoms with Crippen molar-refractivity contribution < 1.29 is 4.74 Å². The molecule has 0 radical (unpaired) electrons. The topological polar surface area (TPSA) is 30.3 Å². The summed E-state index contributed by atoms with van der Waals surface area (Å²) in [5.74, 6) is 2.28. The summed E-state index contributed by atoms with van der Waals surface area (Å²) >= 11 is 0. The fourth-order valence-corrected chi connectivity index (χ4v) is 3.41.